The van der Waals surface area contributed by atoms with Crippen molar-refractivity contribution in [2.75, 3.05) is 31.1 Å². The number of carbonyl (C=O) groups is 1. The number of benzene rings is 3. The van der Waals surface area contributed by atoms with Crippen LogP contribution in [0.2, 0.25) is 5.02 Å². The maximum atomic E-state index is 13.1. The average molecular weight is 489 g/mol. The van der Waals surface area contributed by atoms with Crippen molar-refractivity contribution in [3.8, 4) is 11.1 Å². The summed E-state index contributed by atoms with van der Waals surface area (Å²) in [6.07, 6.45) is 1.59. The van der Waals surface area contributed by atoms with E-state index in [0.717, 1.165) is 64.3 Å². The van der Waals surface area contributed by atoms with Gasteiger partial charge in [-0.05, 0) is 47.4 Å². The van der Waals surface area contributed by atoms with Crippen LogP contribution in [-0.4, -0.2) is 46.3 Å². The molecule has 0 unspecified atom stereocenters. The van der Waals surface area contributed by atoms with Crippen molar-refractivity contribution < 1.29 is 4.79 Å². The fourth-order valence-electron chi connectivity index (χ4n) is 4.16. The fraction of sp³-hybridized carbons (Fsp3) is 0.222. The highest BCUT2D eigenvalue weighted by atomic mass is 35.5. The number of nitrogens with zero attached hydrogens (tertiary/aromatic N) is 4. The molecule has 4 aromatic rings. The van der Waals surface area contributed by atoms with Crippen LogP contribution in [0.3, 0.4) is 0 Å². The van der Waals surface area contributed by atoms with E-state index in [1.807, 2.05) is 71.6 Å². The average Bonchev–Trinajstić information content (AvgIpc) is 3.20. The van der Waals surface area contributed by atoms with Crippen molar-refractivity contribution in [3.63, 3.8) is 0 Å². The molecule has 3 aromatic carbocycles. The van der Waals surface area contributed by atoms with Crippen LogP contribution in [0.15, 0.2) is 78.9 Å². The lowest BCUT2D eigenvalue weighted by Gasteiger charge is -2.21. The molecule has 0 bridgehead atoms. The molecule has 1 fully saturated rings. The van der Waals surface area contributed by atoms with E-state index in [1.165, 1.54) is 11.5 Å². The van der Waals surface area contributed by atoms with Gasteiger partial charge in [0, 0.05) is 54.7 Å². The van der Waals surface area contributed by atoms with Crippen LogP contribution in [0, 0.1) is 0 Å². The third kappa shape index (κ3) is 5.29. The van der Waals surface area contributed by atoms with Gasteiger partial charge in [0.05, 0.1) is 0 Å². The van der Waals surface area contributed by atoms with Gasteiger partial charge in [0.1, 0.15) is 5.82 Å². The van der Waals surface area contributed by atoms with Crippen LogP contribution in [0.25, 0.3) is 11.1 Å². The second-order valence-corrected chi connectivity index (χ2v) is 9.54. The molecule has 172 valence electrons. The van der Waals surface area contributed by atoms with Gasteiger partial charge in [-0.25, -0.2) is 4.98 Å². The highest BCUT2D eigenvalue weighted by Gasteiger charge is 2.22. The Kier molecular flexibility index (Phi) is 6.88. The number of hydrogen-bond donors (Lipinski definition) is 0. The maximum absolute atomic E-state index is 13.1. The monoisotopic (exact) mass is 488 g/mol. The number of carbonyl (C=O) groups excluding carboxylic acids is 1. The molecular weight excluding hydrogens is 464 g/mol. The van der Waals surface area contributed by atoms with E-state index in [0.29, 0.717) is 13.0 Å². The van der Waals surface area contributed by atoms with Crippen LogP contribution in [0.1, 0.15) is 28.2 Å². The number of anilines is 1. The van der Waals surface area contributed by atoms with E-state index in [1.54, 1.807) is 0 Å². The number of amides is 1. The molecule has 0 aliphatic carbocycles. The van der Waals surface area contributed by atoms with Crippen LogP contribution < -0.4 is 4.90 Å². The van der Waals surface area contributed by atoms with Gasteiger partial charge in [0.15, 0.2) is 0 Å². The van der Waals surface area contributed by atoms with Crippen molar-refractivity contribution in [2.24, 2.45) is 0 Å². The Labute approximate surface area is 208 Å². The number of halogens is 1. The smallest absolute Gasteiger partial charge is 0.253 e. The molecule has 5 rings (SSSR count). The van der Waals surface area contributed by atoms with Crippen LogP contribution in [0.4, 0.5) is 5.13 Å². The molecule has 0 saturated carbocycles. The first-order valence-electron chi connectivity index (χ1n) is 11.4. The minimum Gasteiger partial charge on any atom is -0.345 e. The second-order valence-electron chi connectivity index (χ2n) is 8.37. The Balaban J connectivity index is 1.20. The standard InChI is InChI=1S/C27H25ClN4OS/c28-24-13-7-20(8-14-24)19-25-29-27(34-30-25)32-16-4-15-31(17-18-32)26(33)23-11-9-22(10-12-23)21-5-2-1-3-6-21/h1-3,5-14H,4,15-19H2. The zero-order valence-electron chi connectivity index (χ0n) is 18.7. The van der Waals surface area contributed by atoms with E-state index < -0.39 is 0 Å². The Morgan fingerprint density at radius 3 is 2.35 bits per heavy atom. The Hall–Kier alpha value is -3.22. The van der Waals surface area contributed by atoms with Crippen molar-refractivity contribution in [1.82, 2.24) is 14.3 Å². The molecule has 1 aliphatic heterocycles. The summed E-state index contributed by atoms with van der Waals surface area (Å²) in [6.45, 7) is 3.04. The second kappa shape index (κ2) is 10.4. The first kappa shape index (κ1) is 22.6. The number of hydrogen-bond acceptors (Lipinski definition) is 5. The zero-order chi connectivity index (χ0) is 23.3. The molecule has 5 nitrogen and oxygen atoms in total. The van der Waals surface area contributed by atoms with Crippen LogP contribution >= 0.6 is 23.1 Å². The molecule has 0 atom stereocenters. The lowest BCUT2D eigenvalue weighted by atomic mass is 10.0. The largest absolute Gasteiger partial charge is 0.345 e. The molecule has 0 spiro atoms. The van der Waals surface area contributed by atoms with Gasteiger partial charge in [-0.2, -0.15) is 4.37 Å². The molecule has 0 N–H and O–H groups in total. The molecule has 2 heterocycles. The third-order valence-electron chi connectivity index (χ3n) is 6.03. The third-order valence-corrected chi connectivity index (χ3v) is 7.09. The summed E-state index contributed by atoms with van der Waals surface area (Å²) in [5.74, 6) is 0.903. The normalized spacial score (nSPS) is 14.1. The van der Waals surface area contributed by atoms with Crippen LogP contribution in [-0.2, 0) is 6.42 Å². The number of aromatic nitrogens is 2. The maximum Gasteiger partial charge on any atom is 0.253 e. The Morgan fingerprint density at radius 2 is 1.59 bits per heavy atom. The quantitative estimate of drug-likeness (QED) is 0.356. The molecule has 0 radical (unpaired) electrons. The minimum absolute atomic E-state index is 0.0853. The van der Waals surface area contributed by atoms with Crippen molar-refractivity contribution in [3.05, 3.63) is 101 Å². The predicted octanol–water partition coefficient (Wildman–Crippen LogP) is 5.80. The van der Waals surface area contributed by atoms with Gasteiger partial charge in [-0.3, -0.25) is 4.79 Å². The van der Waals surface area contributed by atoms with E-state index >= 15 is 0 Å². The summed E-state index contributed by atoms with van der Waals surface area (Å²) >= 11 is 7.41. The molecule has 34 heavy (non-hydrogen) atoms. The molecular formula is C27H25ClN4OS. The van der Waals surface area contributed by atoms with E-state index in [-0.39, 0.29) is 5.91 Å². The molecule has 1 amide bonds. The molecule has 1 aromatic heterocycles. The SMILES string of the molecule is O=C(c1ccc(-c2ccccc2)cc1)N1CCCN(c2nc(Cc3ccc(Cl)cc3)ns2)CC1. The van der Waals surface area contributed by atoms with Crippen molar-refractivity contribution in [2.45, 2.75) is 12.8 Å². The van der Waals surface area contributed by atoms with Gasteiger partial charge in [0.25, 0.3) is 5.91 Å². The first-order chi connectivity index (χ1) is 16.7. The summed E-state index contributed by atoms with van der Waals surface area (Å²) in [7, 11) is 0. The van der Waals surface area contributed by atoms with Crippen molar-refractivity contribution >= 4 is 34.2 Å². The first-order valence-corrected chi connectivity index (χ1v) is 12.6. The van der Waals surface area contributed by atoms with Crippen LogP contribution in [0.5, 0.6) is 0 Å². The topological polar surface area (TPSA) is 49.3 Å². The fourth-order valence-corrected chi connectivity index (χ4v) is 5.02. The van der Waals surface area contributed by atoms with E-state index in [9.17, 15) is 4.79 Å². The van der Waals surface area contributed by atoms with Gasteiger partial charge >= 0.3 is 0 Å². The Morgan fingerprint density at radius 1 is 0.853 bits per heavy atom. The summed E-state index contributed by atoms with van der Waals surface area (Å²) < 4.78 is 4.55. The number of rotatable bonds is 5. The summed E-state index contributed by atoms with van der Waals surface area (Å²) in [5.41, 5.74) is 4.14. The molecule has 1 saturated heterocycles. The summed E-state index contributed by atoms with van der Waals surface area (Å²) in [5, 5.41) is 1.65. The highest BCUT2D eigenvalue weighted by molar-refractivity contribution is 7.09. The van der Waals surface area contributed by atoms with Gasteiger partial charge in [-0.1, -0.05) is 66.2 Å². The summed E-state index contributed by atoms with van der Waals surface area (Å²) in [6, 6.07) is 25.9. The van der Waals surface area contributed by atoms with Gasteiger partial charge in [-0.15, -0.1) is 0 Å². The summed E-state index contributed by atoms with van der Waals surface area (Å²) in [4.78, 5) is 22.1. The van der Waals surface area contributed by atoms with E-state index in [4.69, 9.17) is 16.6 Å². The molecule has 7 heteroatoms. The highest BCUT2D eigenvalue weighted by Crippen LogP contribution is 2.23. The van der Waals surface area contributed by atoms with E-state index in [2.05, 4.69) is 21.4 Å². The predicted molar refractivity (Wildman–Crippen MR) is 139 cm³/mol. The lowest BCUT2D eigenvalue weighted by Crippen LogP contribution is -2.35. The Bertz CT molecular complexity index is 1240. The van der Waals surface area contributed by atoms with Gasteiger partial charge in [0.2, 0.25) is 5.13 Å². The van der Waals surface area contributed by atoms with Crippen molar-refractivity contribution in [1.29, 1.82) is 0 Å². The minimum atomic E-state index is 0.0853. The zero-order valence-corrected chi connectivity index (χ0v) is 20.3. The lowest BCUT2D eigenvalue weighted by molar-refractivity contribution is 0.0767. The molecule has 1 aliphatic rings. The van der Waals surface area contributed by atoms with Gasteiger partial charge < -0.3 is 9.80 Å².